The van der Waals surface area contributed by atoms with Gasteiger partial charge in [-0.05, 0) is 43.7 Å². The number of rotatable bonds is 7. The molecule has 0 spiro atoms. The van der Waals surface area contributed by atoms with Gasteiger partial charge in [-0.3, -0.25) is 0 Å². The Bertz CT molecular complexity index is 710. The van der Waals surface area contributed by atoms with Crippen LogP contribution in [-0.2, 0) is 6.54 Å². The van der Waals surface area contributed by atoms with Crippen molar-refractivity contribution < 1.29 is 9.47 Å². The average molecular weight is 520 g/mol. The molecule has 0 aliphatic heterocycles. The number of halogens is 2. The molecule has 2 rings (SSSR count). The molecular weight excluding hydrogens is 497 g/mol. The summed E-state index contributed by atoms with van der Waals surface area (Å²) in [4.78, 5) is 4.37. The Morgan fingerprint density at radius 3 is 2.56 bits per heavy atom. The number of hydrogen-bond donors (Lipinski definition) is 2. The number of nitrogens with zero attached hydrogens (tertiary/aromatic N) is 1. The number of ether oxygens (including phenoxy) is 2. The summed E-state index contributed by atoms with van der Waals surface area (Å²) < 4.78 is 12.2. The summed E-state index contributed by atoms with van der Waals surface area (Å²) in [7, 11) is 0. The molecular formula is C18H23BrIN3O2. The van der Waals surface area contributed by atoms with Crippen LogP contribution in [0.2, 0.25) is 0 Å². The third-order valence-electron chi connectivity index (χ3n) is 3.15. The zero-order chi connectivity index (χ0) is 17.4. The van der Waals surface area contributed by atoms with E-state index >= 15 is 0 Å². The first-order valence-electron chi connectivity index (χ1n) is 7.83. The first kappa shape index (κ1) is 21.6. The van der Waals surface area contributed by atoms with Crippen LogP contribution in [0.5, 0.6) is 11.5 Å². The van der Waals surface area contributed by atoms with Crippen LogP contribution >= 0.6 is 39.9 Å². The lowest BCUT2D eigenvalue weighted by Crippen LogP contribution is -2.23. The maximum atomic E-state index is 6.01. The zero-order valence-corrected chi connectivity index (χ0v) is 18.2. The predicted octanol–water partition coefficient (Wildman–Crippen LogP) is 4.79. The first-order chi connectivity index (χ1) is 11.6. The summed E-state index contributed by atoms with van der Waals surface area (Å²) in [5.41, 5.74) is 7.82. The molecule has 7 heteroatoms. The van der Waals surface area contributed by atoms with Gasteiger partial charge in [0, 0.05) is 10.5 Å². The van der Waals surface area contributed by atoms with Crippen LogP contribution in [0.1, 0.15) is 19.4 Å². The Morgan fingerprint density at radius 1 is 1.12 bits per heavy atom. The van der Waals surface area contributed by atoms with E-state index in [0.29, 0.717) is 31.5 Å². The average Bonchev–Trinajstić information content (AvgIpc) is 2.56. The van der Waals surface area contributed by atoms with Gasteiger partial charge < -0.3 is 20.5 Å². The van der Waals surface area contributed by atoms with Gasteiger partial charge >= 0.3 is 0 Å². The summed E-state index contributed by atoms with van der Waals surface area (Å²) in [5.74, 6) is 1.79. The molecule has 0 fully saturated rings. The van der Waals surface area contributed by atoms with Crippen molar-refractivity contribution in [2.45, 2.75) is 20.4 Å². The van der Waals surface area contributed by atoms with Gasteiger partial charge in [0.05, 0.1) is 25.4 Å². The molecule has 2 aromatic carbocycles. The lowest BCUT2D eigenvalue weighted by atomic mass is 10.2. The third kappa shape index (κ3) is 7.11. The number of benzene rings is 2. The summed E-state index contributed by atoms with van der Waals surface area (Å²) in [6, 6.07) is 13.5. The zero-order valence-electron chi connectivity index (χ0n) is 14.3. The molecule has 0 aromatic heterocycles. The van der Waals surface area contributed by atoms with Crippen molar-refractivity contribution in [1.82, 2.24) is 0 Å². The highest BCUT2D eigenvalue weighted by Crippen LogP contribution is 2.29. The Morgan fingerprint density at radius 2 is 1.88 bits per heavy atom. The number of aliphatic imine (C=N–C) groups is 1. The Hall–Kier alpha value is -1.48. The lowest BCUT2D eigenvalue weighted by Gasteiger charge is -2.14. The van der Waals surface area contributed by atoms with E-state index < -0.39 is 0 Å². The van der Waals surface area contributed by atoms with Crippen LogP contribution in [0.3, 0.4) is 0 Å². The van der Waals surface area contributed by atoms with Crippen molar-refractivity contribution >= 4 is 51.6 Å². The molecule has 2 aromatic rings. The number of hydrogen-bond acceptors (Lipinski definition) is 3. The second kappa shape index (κ2) is 11.2. The fraction of sp³-hybridized carbons (Fsp3) is 0.278. The largest absolute Gasteiger partial charge is 0.494 e. The van der Waals surface area contributed by atoms with E-state index in [1.54, 1.807) is 0 Å². The number of guanidine groups is 1. The van der Waals surface area contributed by atoms with E-state index in [4.69, 9.17) is 15.2 Å². The third-order valence-corrected chi connectivity index (χ3v) is 3.64. The van der Waals surface area contributed by atoms with Crippen molar-refractivity contribution in [1.29, 1.82) is 0 Å². The number of anilines is 1. The van der Waals surface area contributed by atoms with Gasteiger partial charge in [-0.1, -0.05) is 28.1 Å². The summed E-state index contributed by atoms with van der Waals surface area (Å²) in [6.45, 7) is 5.54. The van der Waals surface area contributed by atoms with Gasteiger partial charge in [-0.25, -0.2) is 4.99 Å². The van der Waals surface area contributed by atoms with E-state index in [0.717, 1.165) is 21.5 Å². The van der Waals surface area contributed by atoms with Crippen LogP contribution in [0, 0.1) is 0 Å². The molecule has 0 atom stereocenters. The van der Waals surface area contributed by atoms with E-state index in [1.165, 1.54) is 0 Å². The minimum atomic E-state index is 0. The Labute approximate surface area is 174 Å². The molecule has 0 unspecified atom stereocenters. The summed E-state index contributed by atoms with van der Waals surface area (Å²) in [5, 5.41) is 3.09. The smallest absolute Gasteiger partial charge is 0.193 e. The standard InChI is InChI=1S/C18H22BrN3O2.HI/c1-3-23-15-8-9-17(24-4-2)16(11-15)22-18(20)21-12-13-6-5-7-14(19)10-13;/h5-11H,3-4,12H2,1-2H3,(H3,20,21,22);1H. The van der Waals surface area contributed by atoms with Crippen LogP contribution in [0.15, 0.2) is 51.9 Å². The second-order valence-electron chi connectivity index (χ2n) is 4.98. The predicted molar refractivity (Wildman–Crippen MR) is 117 cm³/mol. The Balaban J connectivity index is 0.00000312. The van der Waals surface area contributed by atoms with Gasteiger partial charge in [-0.15, -0.1) is 24.0 Å². The highest BCUT2D eigenvalue weighted by atomic mass is 127. The van der Waals surface area contributed by atoms with Crippen molar-refractivity contribution in [3.05, 3.63) is 52.5 Å². The number of nitrogens with two attached hydrogens (primary N) is 1. The molecule has 0 aliphatic rings. The molecule has 0 radical (unpaired) electrons. The summed E-state index contributed by atoms with van der Waals surface area (Å²) in [6.07, 6.45) is 0. The molecule has 25 heavy (non-hydrogen) atoms. The minimum absolute atomic E-state index is 0. The normalized spacial score (nSPS) is 10.8. The van der Waals surface area contributed by atoms with Crippen molar-refractivity contribution in [2.24, 2.45) is 10.7 Å². The van der Waals surface area contributed by atoms with Crippen molar-refractivity contribution in [2.75, 3.05) is 18.5 Å². The highest BCUT2D eigenvalue weighted by Gasteiger charge is 2.07. The maximum absolute atomic E-state index is 6.01. The van der Waals surface area contributed by atoms with Gasteiger partial charge in [0.15, 0.2) is 5.96 Å². The van der Waals surface area contributed by atoms with Crippen molar-refractivity contribution in [3.63, 3.8) is 0 Å². The molecule has 0 amide bonds. The van der Waals surface area contributed by atoms with Gasteiger partial charge in [0.25, 0.3) is 0 Å². The Kier molecular flexibility index (Phi) is 9.66. The molecule has 0 aliphatic carbocycles. The van der Waals surface area contributed by atoms with E-state index in [9.17, 15) is 0 Å². The van der Waals surface area contributed by atoms with Crippen LogP contribution < -0.4 is 20.5 Å². The number of nitrogens with one attached hydrogen (secondary N) is 1. The molecule has 0 bridgehead atoms. The fourth-order valence-electron chi connectivity index (χ4n) is 2.13. The quantitative estimate of drug-likeness (QED) is 0.313. The maximum Gasteiger partial charge on any atom is 0.193 e. The van der Waals surface area contributed by atoms with E-state index in [2.05, 4.69) is 26.2 Å². The lowest BCUT2D eigenvalue weighted by molar-refractivity contribution is 0.332. The molecule has 3 N–H and O–H groups in total. The second-order valence-corrected chi connectivity index (χ2v) is 5.90. The molecule has 136 valence electrons. The molecule has 5 nitrogen and oxygen atoms in total. The SMILES string of the molecule is CCOc1ccc(OCC)c(NC(N)=NCc2cccc(Br)c2)c1.I. The minimum Gasteiger partial charge on any atom is -0.494 e. The van der Waals surface area contributed by atoms with Crippen LogP contribution in [-0.4, -0.2) is 19.2 Å². The molecule has 0 saturated carbocycles. The summed E-state index contributed by atoms with van der Waals surface area (Å²) >= 11 is 3.45. The van der Waals surface area contributed by atoms with Gasteiger partial charge in [0.2, 0.25) is 0 Å². The van der Waals surface area contributed by atoms with E-state index in [1.807, 2.05) is 56.3 Å². The topological polar surface area (TPSA) is 68.9 Å². The fourth-order valence-corrected chi connectivity index (χ4v) is 2.58. The van der Waals surface area contributed by atoms with Crippen molar-refractivity contribution in [3.8, 4) is 11.5 Å². The van der Waals surface area contributed by atoms with Gasteiger partial charge in [-0.2, -0.15) is 0 Å². The van der Waals surface area contributed by atoms with E-state index in [-0.39, 0.29) is 24.0 Å². The van der Waals surface area contributed by atoms with Gasteiger partial charge in [0.1, 0.15) is 11.5 Å². The molecule has 0 heterocycles. The highest BCUT2D eigenvalue weighted by molar-refractivity contribution is 14.0. The first-order valence-corrected chi connectivity index (χ1v) is 8.62. The molecule has 0 saturated heterocycles. The van der Waals surface area contributed by atoms with Crippen LogP contribution in [0.4, 0.5) is 5.69 Å². The van der Waals surface area contributed by atoms with Crippen LogP contribution in [0.25, 0.3) is 0 Å². The monoisotopic (exact) mass is 519 g/mol.